The minimum Gasteiger partial charge on any atom is -0.399 e. The van der Waals surface area contributed by atoms with E-state index in [1.165, 1.54) is 29.4 Å². The second kappa shape index (κ2) is 4.61. The van der Waals surface area contributed by atoms with Gasteiger partial charge in [-0.15, -0.1) is 0 Å². The van der Waals surface area contributed by atoms with Crippen molar-refractivity contribution < 1.29 is 9.31 Å². The highest BCUT2D eigenvalue weighted by Crippen LogP contribution is 2.41. The second-order valence-electron chi connectivity index (χ2n) is 7.22. The first-order chi connectivity index (χ1) is 9.32. The van der Waals surface area contributed by atoms with Crippen LogP contribution in [-0.4, -0.2) is 18.3 Å². The Kier molecular flexibility index (Phi) is 3.26. The molecular weight excluding hydrogens is 247 g/mol. The van der Waals surface area contributed by atoms with Crippen molar-refractivity contribution in [2.45, 2.75) is 71.0 Å². The van der Waals surface area contributed by atoms with Gasteiger partial charge >= 0.3 is 7.12 Å². The molecule has 1 aliphatic heterocycles. The minimum absolute atomic E-state index is 0.232. The third kappa shape index (κ3) is 2.42. The molecule has 2 nitrogen and oxygen atoms in total. The predicted molar refractivity (Wildman–Crippen MR) is 83.5 cm³/mol. The van der Waals surface area contributed by atoms with Crippen molar-refractivity contribution in [3.8, 4) is 0 Å². The topological polar surface area (TPSA) is 18.5 Å². The summed E-state index contributed by atoms with van der Waals surface area (Å²) in [5.41, 5.74) is 3.51. The zero-order valence-electron chi connectivity index (χ0n) is 13.3. The van der Waals surface area contributed by atoms with Crippen LogP contribution < -0.4 is 5.46 Å². The van der Waals surface area contributed by atoms with Crippen LogP contribution in [0.3, 0.4) is 0 Å². The Balaban J connectivity index is 1.92. The standard InChI is InChI=1S/C17H25BO2/c1-6-12-9-14(13-7-8-13)11-15(10-12)18-19-16(2,3)17(4,5)20-18/h9-11,13H,6-8H2,1-5H3. The van der Waals surface area contributed by atoms with E-state index in [1.807, 2.05) is 0 Å². The van der Waals surface area contributed by atoms with Gasteiger partial charge in [0.15, 0.2) is 0 Å². The Morgan fingerprint density at radius 2 is 1.65 bits per heavy atom. The molecule has 0 bridgehead atoms. The Morgan fingerprint density at radius 3 is 2.15 bits per heavy atom. The maximum atomic E-state index is 6.18. The molecule has 1 heterocycles. The number of rotatable bonds is 3. The molecule has 0 unspecified atom stereocenters. The lowest BCUT2D eigenvalue weighted by Crippen LogP contribution is -2.41. The lowest BCUT2D eigenvalue weighted by atomic mass is 9.77. The largest absolute Gasteiger partial charge is 0.494 e. The van der Waals surface area contributed by atoms with Crippen molar-refractivity contribution in [2.75, 3.05) is 0 Å². The van der Waals surface area contributed by atoms with Gasteiger partial charge in [-0.05, 0) is 69.5 Å². The molecule has 3 rings (SSSR count). The molecule has 0 radical (unpaired) electrons. The SMILES string of the molecule is CCc1cc(B2OC(C)(C)C(C)(C)O2)cc(C2CC2)c1. The van der Waals surface area contributed by atoms with E-state index in [4.69, 9.17) is 9.31 Å². The van der Waals surface area contributed by atoms with E-state index < -0.39 is 0 Å². The maximum Gasteiger partial charge on any atom is 0.494 e. The monoisotopic (exact) mass is 272 g/mol. The van der Waals surface area contributed by atoms with E-state index in [9.17, 15) is 0 Å². The molecule has 108 valence electrons. The summed E-state index contributed by atoms with van der Waals surface area (Å²) in [5, 5.41) is 0. The molecule has 1 aromatic carbocycles. The molecule has 0 atom stereocenters. The summed E-state index contributed by atoms with van der Waals surface area (Å²) in [6.45, 7) is 10.6. The molecular formula is C17H25BO2. The summed E-state index contributed by atoms with van der Waals surface area (Å²) in [5.74, 6) is 0.766. The van der Waals surface area contributed by atoms with Crippen LogP contribution in [0.5, 0.6) is 0 Å². The molecule has 2 aliphatic rings. The molecule has 1 aliphatic carbocycles. The minimum atomic E-state index is -0.264. The summed E-state index contributed by atoms with van der Waals surface area (Å²) < 4.78 is 12.4. The van der Waals surface area contributed by atoms with E-state index in [0.29, 0.717) is 0 Å². The first-order valence-electron chi connectivity index (χ1n) is 7.82. The van der Waals surface area contributed by atoms with Crippen molar-refractivity contribution in [3.63, 3.8) is 0 Å². The van der Waals surface area contributed by atoms with Gasteiger partial charge in [-0.3, -0.25) is 0 Å². The first-order valence-corrected chi connectivity index (χ1v) is 7.82. The average molecular weight is 272 g/mol. The van der Waals surface area contributed by atoms with Gasteiger partial charge in [-0.2, -0.15) is 0 Å². The van der Waals surface area contributed by atoms with Crippen LogP contribution in [0, 0.1) is 0 Å². The quantitative estimate of drug-likeness (QED) is 0.785. The smallest absolute Gasteiger partial charge is 0.399 e. The van der Waals surface area contributed by atoms with Crippen LogP contribution in [0.1, 0.15) is 64.5 Å². The van der Waals surface area contributed by atoms with Gasteiger partial charge in [0.2, 0.25) is 0 Å². The second-order valence-corrected chi connectivity index (χ2v) is 7.22. The van der Waals surface area contributed by atoms with Crippen LogP contribution in [-0.2, 0) is 15.7 Å². The fourth-order valence-electron chi connectivity index (χ4n) is 2.72. The van der Waals surface area contributed by atoms with Gasteiger partial charge in [0, 0.05) is 0 Å². The van der Waals surface area contributed by atoms with Crippen molar-refractivity contribution in [2.24, 2.45) is 0 Å². The Bertz CT molecular complexity index is 502. The molecule has 1 saturated heterocycles. The van der Waals surface area contributed by atoms with Gasteiger partial charge in [-0.1, -0.05) is 25.1 Å². The van der Waals surface area contributed by atoms with E-state index in [2.05, 4.69) is 52.8 Å². The zero-order valence-corrected chi connectivity index (χ0v) is 13.3. The Labute approximate surface area is 123 Å². The van der Waals surface area contributed by atoms with Crippen molar-refractivity contribution >= 4 is 12.6 Å². The number of hydrogen-bond acceptors (Lipinski definition) is 2. The summed E-state index contributed by atoms with van der Waals surface area (Å²) >= 11 is 0. The summed E-state index contributed by atoms with van der Waals surface area (Å²) in [6.07, 6.45) is 3.72. The van der Waals surface area contributed by atoms with Gasteiger partial charge in [0.1, 0.15) is 0 Å². The Morgan fingerprint density at radius 1 is 1.05 bits per heavy atom. The highest BCUT2D eigenvalue weighted by molar-refractivity contribution is 6.62. The molecule has 2 fully saturated rings. The molecule has 20 heavy (non-hydrogen) atoms. The normalized spacial score (nSPS) is 24.1. The van der Waals surface area contributed by atoms with Gasteiger partial charge < -0.3 is 9.31 Å². The van der Waals surface area contributed by atoms with E-state index >= 15 is 0 Å². The molecule has 0 amide bonds. The number of aryl methyl sites for hydroxylation is 1. The van der Waals surface area contributed by atoms with Crippen LogP contribution in [0.4, 0.5) is 0 Å². The maximum absolute atomic E-state index is 6.18. The van der Waals surface area contributed by atoms with E-state index in [0.717, 1.165) is 12.3 Å². The van der Waals surface area contributed by atoms with E-state index in [-0.39, 0.29) is 18.3 Å². The summed E-state index contributed by atoms with van der Waals surface area (Å²) in [6, 6.07) is 6.89. The summed E-state index contributed by atoms with van der Waals surface area (Å²) in [4.78, 5) is 0. The third-order valence-electron chi connectivity index (χ3n) is 5.02. The van der Waals surface area contributed by atoms with Crippen LogP contribution in [0.2, 0.25) is 0 Å². The lowest BCUT2D eigenvalue weighted by Gasteiger charge is -2.32. The fraction of sp³-hybridized carbons (Fsp3) is 0.647. The molecule has 3 heteroatoms. The van der Waals surface area contributed by atoms with Crippen molar-refractivity contribution in [1.29, 1.82) is 0 Å². The molecule has 0 N–H and O–H groups in total. The highest BCUT2D eigenvalue weighted by Gasteiger charge is 2.51. The highest BCUT2D eigenvalue weighted by atomic mass is 16.7. The molecule has 1 saturated carbocycles. The van der Waals surface area contributed by atoms with Crippen molar-refractivity contribution in [3.05, 3.63) is 29.3 Å². The van der Waals surface area contributed by atoms with Crippen LogP contribution >= 0.6 is 0 Å². The molecule has 0 spiro atoms. The van der Waals surface area contributed by atoms with Crippen molar-refractivity contribution in [1.82, 2.24) is 0 Å². The number of hydrogen-bond donors (Lipinski definition) is 0. The van der Waals surface area contributed by atoms with E-state index in [1.54, 1.807) is 0 Å². The summed E-state index contributed by atoms with van der Waals surface area (Å²) in [7, 11) is -0.232. The average Bonchev–Trinajstić information content (AvgIpc) is 3.17. The van der Waals surface area contributed by atoms with Crippen LogP contribution in [0.15, 0.2) is 18.2 Å². The first kappa shape index (κ1) is 14.2. The fourth-order valence-corrected chi connectivity index (χ4v) is 2.72. The zero-order chi connectivity index (χ0) is 14.5. The van der Waals surface area contributed by atoms with Gasteiger partial charge in [-0.25, -0.2) is 0 Å². The van der Waals surface area contributed by atoms with Crippen LogP contribution in [0.25, 0.3) is 0 Å². The third-order valence-corrected chi connectivity index (χ3v) is 5.02. The Hall–Kier alpha value is -0.795. The molecule has 0 aromatic heterocycles. The predicted octanol–water partition coefficient (Wildman–Crippen LogP) is 3.43. The van der Waals surface area contributed by atoms with Gasteiger partial charge in [0.25, 0.3) is 0 Å². The van der Waals surface area contributed by atoms with Gasteiger partial charge in [0.05, 0.1) is 11.2 Å². The number of benzene rings is 1. The lowest BCUT2D eigenvalue weighted by molar-refractivity contribution is 0.00578. The molecule has 1 aromatic rings.